The molecule has 4 nitrogen and oxygen atoms in total. The van der Waals surface area contributed by atoms with E-state index in [1.807, 2.05) is 6.07 Å². The zero-order chi connectivity index (χ0) is 11.4. The molecule has 0 aliphatic heterocycles. The van der Waals surface area contributed by atoms with Gasteiger partial charge in [0.25, 0.3) is 0 Å². The van der Waals surface area contributed by atoms with Crippen molar-refractivity contribution in [2.45, 2.75) is 12.8 Å². The lowest BCUT2D eigenvalue weighted by Gasteiger charge is -2.03. The lowest BCUT2D eigenvalue weighted by Crippen LogP contribution is -2.00. The van der Waals surface area contributed by atoms with E-state index in [0.717, 1.165) is 23.9 Å². The molecule has 2 aromatic rings. The fourth-order valence-electron chi connectivity index (χ4n) is 1.60. The van der Waals surface area contributed by atoms with E-state index in [-0.39, 0.29) is 0 Å². The fourth-order valence-corrected chi connectivity index (χ4v) is 1.60. The van der Waals surface area contributed by atoms with Crippen molar-refractivity contribution in [3.8, 4) is 5.88 Å². The van der Waals surface area contributed by atoms with Gasteiger partial charge in [0.15, 0.2) is 0 Å². The zero-order valence-electron chi connectivity index (χ0n) is 9.31. The Morgan fingerprint density at radius 1 is 1.31 bits per heavy atom. The molecule has 0 aliphatic rings. The maximum Gasteiger partial charge on any atom is 0.232 e. The van der Waals surface area contributed by atoms with Gasteiger partial charge in [-0.05, 0) is 37.1 Å². The number of benzene rings is 1. The van der Waals surface area contributed by atoms with Crippen molar-refractivity contribution < 1.29 is 4.74 Å². The first kappa shape index (κ1) is 10.8. The Labute approximate surface area is 94.5 Å². The maximum absolute atomic E-state index is 5.48. The van der Waals surface area contributed by atoms with E-state index in [1.165, 1.54) is 5.56 Å². The van der Waals surface area contributed by atoms with Crippen LogP contribution in [0.4, 0.5) is 0 Å². The zero-order valence-corrected chi connectivity index (χ0v) is 9.31. The van der Waals surface area contributed by atoms with Crippen LogP contribution in [0, 0.1) is 0 Å². The lowest BCUT2D eigenvalue weighted by atomic mass is 10.1. The lowest BCUT2D eigenvalue weighted by molar-refractivity contribution is 0.397. The Morgan fingerprint density at radius 2 is 2.19 bits per heavy atom. The number of hydrogen-bond acceptors (Lipinski definition) is 4. The topological polar surface area (TPSA) is 61.0 Å². The third kappa shape index (κ3) is 2.28. The molecule has 1 heterocycles. The molecule has 0 saturated heterocycles. The molecule has 0 bridgehead atoms. The molecule has 0 unspecified atom stereocenters. The van der Waals surface area contributed by atoms with Crippen LogP contribution in [0.5, 0.6) is 5.88 Å². The summed E-state index contributed by atoms with van der Waals surface area (Å²) in [5.41, 5.74) is 8.49. The summed E-state index contributed by atoms with van der Waals surface area (Å²) in [6.45, 7) is 0.715. The van der Waals surface area contributed by atoms with Crippen molar-refractivity contribution in [2.75, 3.05) is 13.7 Å². The molecule has 0 aliphatic carbocycles. The number of nitrogens with two attached hydrogens (primary N) is 1. The van der Waals surface area contributed by atoms with Crippen molar-refractivity contribution in [3.63, 3.8) is 0 Å². The molecule has 0 spiro atoms. The molecule has 2 N–H and O–H groups in total. The summed E-state index contributed by atoms with van der Waals surface area (Å²) >= 11 is 0. The van der Waals surface area contributed by atoms with Crippen LogP contribution in [0.15, 0.2) is 24.4 Å². The molecule has 84 valence electrons. The van der Waals surface area contributed by atoms with Crippen LogP contribution < -0.4 is 10.5 Å². The summed E-state index contributed by atoms with van der Waals surface area (Å²) in [6, 6.07) is 6.08. The summed E-state index contributed by atoms with van der Waals surface area (Å²) in [5.74, 6) is 0.544. The predicted molar refractivity (Wildman–Crippen MR) is 63.5 cm³/mol. The summed E-state index contributed by atoms with van der Waals surface area (Å²) in [7, 11) is 1.59. The van der Waals surface area contributed by atoms with Gasteiger partial charge in [0, 0.05) is 0 Å². The second kappa shape index (κ2) is 4.90. The number of fused-ring (bicyclic) bond motifs is 1. The van der Waals surface area contributed by atoms with E-state index in [0.29, 0.717) is 12.4 Å². The second-order valence-electron chi connectivity index (χ2n) is 3.63. The van der Waals surface area contributed by atoms with Crippen LogP contribution >= 0.6 is 0 Å². The first-order chi connectivity index (χ1) is 7.83. The molecule has 0 atom stereocenters. The SMILES string of the molecule is COc1cnc2cc(CCCN)ccc2n1. The van der Waals surface area contributed by atoms with Gasteiger partial charge in [-0.1, -0.05) is 6.07 Å². The monoisotopic (exact) mass is 217 g/mol. The van der Waals surface area contributed by atoms with Crippen molar-refractivity contribution in [1.29, 1.82) is 0 Å². The molecular formula is C12H15N3O. The van der Waals surface area contributed by atoms with Gasteiger partial charge in [-0.2, -0.15) is 0 Å². The molecule has 1 aromatic carbocycles. The standard InChI is InChI=1S/C12H15N3O/c1-16-12-8-14-11-7-9(3-2-6-13)4-5-10(11)15-12/h4-5,7-8H,2-3,6,13H2,1H3. The first-order valence-electron chi connectivity index (χ1n) is 5.33. The third-order valence-electron chi connectivity index (χ3n) is 2.46. The molecule has 4 heteroatoms. The highest BCUT2D eigenvalue weighted by molar-refractivity contribution is 5.75. The summed E-state index contributed by atoms with van der Waals surface area (Å²) in [6.07, 6.45) is 3.62. The smallest absolute Gasteiger partial charge is 0.232 e. The quantitative estimate of drug-likeness (QED) is 0.843. The Balaban J connectivity index is 2.32. The molecule has 1 aromatic heterocycles. The maximum atomic E-state index is 5.48. The number of methoxy groups -OCH3 is 1. The molecular weight excluding hydrogens is 202 g/mol. The Bertz CT molecular complexity index is 485. The Morgan fingerprint density at radius 3 is 2.94 bits per heavy atom. The molecule has 16 heavy (non-hydrogen) atoms. The van der Waals surface area contributed by atoms with E-state index < -0.39 is 0 Å². The minimum atomic E-state index is 0.544. The number of aryl methyl sites for hydroxylation is 1. The number of rotatable bonds is 4. The van der Waals surface area contributed by atoms with Gasteiger partial charge in [0.05, 0.1) is 24.3 Å². The minimum absolute atomic E-state index is 0.544. The fraction of sp³-hybridized carbons (Fsp3) is 0.333. The van der Waals surface area contributed by atoms with Crippen LogP contribution in [0.1, 0.15) is 12.0 Å². The summed E-state index contributed by atoms with van der Waals surface area (Å²) in [5, 5.41) is 0. The first-order valence-corrected chi connectivity index (χ1v) is 5.33. The van der Waals surface area contributed by atoms with Gasteiger partial charge in [-0.15, -0.1) is 0 Å². The Kier molecular flexibility index (Phi) is 3.31. The van der Waals surface area contributed by atoms with Crippen LogP contribution in [0.3, 0.4) is 0 Å². The van der Waals surface area contributed by atoms with Gasteiger partial charge in [0.1, 0.15) is 0 Å². The largest absolute Gasteiger partial charge is 0.480 e. The van der Waals surface area contributed by atoms with E-state index in [1.54, 1.807) is 13.3 Å². The Hall–Kier alpha value is -1.68. The average Bonchev–Trinajstić information content (AvgIpc) is 2.35. The number of hydrogen-bond donors (Lipinski definition) is 1. The van der Waals surface area contributed by atoms with Crippen molar-refractivity contribution in [3.05, 3.63) is 30.0 Å². The van der Waals surface area contributed by atoms with Gasteiger partial charge < -0.3 is 10.5 Å². The highest BCUT2D eigenvalue weighted by atomic mass is 16.5. The van der Waals surface area contributed by atoms with Crippen LogP contribution in [0.2, 0.25) is 0 Å². The summed E-state index contributed by atoms with van der Waals surface area (Å²) in [4.78, 5) is 8.61. The molecule has 2 rings (SSSR count). The number of nitrogens with zero attached hydrogens (tertiary/aromatic N) is 2. The van der Waals surface area contributed by atoms with E-state index in [9.17, 15) is 0 Å². The normalized spacial score (nSPS) is 10.6. The molecule has 0 fully saturated rings. The van der Waals surface area contributed by atoms with E-state index >= 15 is 0 Å². The predicted octanol–water partition coefficient (Wildman–Crippen LogP) is 1.53. The van der Waals surface area contributed by atoms with Gasteiger partial charge >= 0.3 is 0 Å². The van der Waals surface area contributed by atoms with Gasteiger partial charge in [0.2, 0.25) is 5.88 Å². The van der Waals surface area contributed by atoms with Crippen LogP contribution in [0.25, 0.3) is 11.0 Å². The number of ether oxygens (including phenoxy) is 1. The van der Waals surface area contributed by atoms with Crippen LogP contribution in [-0.2, 0) is 6.42 Å². The van der Waals surface area contributed by atoms with Crippen molar-refractivity contribution in [1.82, 2.24) is 9.97 Å². The second-order valence-corrected chi connectivity index (χ2v) is 3.63. The van der Waals surface area contributed by atoms with Crippen molar-refractivity contribution >= 4 is 11.0 Å². The van der Waals surface area contributed by atoms with E-state index in [2.05, 4.69) is 22.1 Å². The van der Waals surface area contributed by atoms with Crippen molar-refractivity contribution in [2.24, 2.45) is 5.73 Å². The number of aromatic nitrogens is 2. The molecule has 0 saturated carbocycles. The van der Waals surface area contributed by atoms with Gasteiger partial charge in [-0.3, -0.25) is 0 Å². The van der Waals surface area contributed by atoms with E-state index in [4.69, 9.17) is 10.5 Å². The highest BCUT2D eigenvalue weighted by Gasteiger charge is 2.01. The summed E-state index contributed by atoms with van der Waals surface area (Å²) < 4.78 is 5.03. The third-order valence-corrected chi connectivity index (χ3v) is 2.46. The highest BCUT2D eigenvalue weighted by Crippen LogP contribution is 2.15. The molecule has 0 amide bonds. The minimum Gasteiger partial charge on any atom is -0.480 e. The van der Waals surface area contributed by atoms with Crippen LogP contribution in [-0.4, -0.2) is 23.6 Å². The molecule has 0 radical (unpaired) electrons. The van der Waals surface area contributed by atoms with Gasteiger partial charge in [-0.25, -0.2) is 9.97 Å². The average molecular weight is 217 g/mol.